The molecular weight excluding hydrogens is 486 g/mol. The zero-order valence-corrected chi connectivity index (χ0v) is 23.9. The van der Waals surface area contributed by atoms with Crippen LogP contribution >= 0.6 is 0 Å². The van der Waals surface area contributed by atoms with Gasteiger partial charge in [-0.2, -0.15) is 0 Å². The second kappa shape index (κ2) is 9.41. The topological polar surface area (TPSA) is 66.5 Å². The Kier molecular flexibility index (Phi) is 6.67. The summed E-state index contributed by atoms with van der Waals surface area (Å²) >= 11 is 0. The highest BCUT2D eigenvalue weighted by Crippen LogP contribution is 2.56. The maximum absolute atomic E-state index is 13.7. The van der Waals surface area contributed by atoms with Gasteiger partial charge in [0.15, 0.2) is 14.6 Å². The highest BCUT2D eigenvalue weighted by Gasteiger charge is 2.63. The largest absolute Gasteiger partial charge is 0.497 e. The molecule has 0 unspecified atom stereocenters. The van der Waals surface area contributed by atoms with Crippen LogP contribution in [-0.2, 0) is 30.7 Å². The first-order valence-electron chi connectivity index (χ1n) is 13.1. The van der Waals surface area contributed by atoms with E-state index in [1.54, 1.807) is 12.0 Å². The van der Waals surface area contributed by atoms with Gasteiger partial charge in [-0.05, 0) is 47.5 Å². The molecule has 0 spiro atoms. The molecule has 0 N–H and O–H groups in total. The predicted molar refractivity (Wildman–Crippen MR) is 145 cm³/mol. The fourth-order valence-electron chi connectivity index (χ4n) is 5.57. The lowest BCUT2D eigenvalue weighted by Crippen LogP contribution is -2.59. The van der Waals surface area contributed by atoms with Crippen molar-refractivity contribution in [1.82, 2.24) is 0 Å². The number of rotatable bonds is 6. The minimum absolute atomic E-state index is 0.0868. The Morgan fingerprint density at radius 2 is 1.86 bits per heavy atom. The van der Waals surface area contributed by atoms with E-state index in [-0.39, 0.29) is 47.7 Å². The van der Waals surface area contributed by atoms with Crippen molar-refractivity contribution in [3.8, 4) is 5.75 Å². The van der Waals surface area contributed by atoms with E-state index in [1.165, 1.54) is 0 Å². The number of ether oxygens (including phenoxy) is 4. The van der Waals surface area contributed by atoms with Crippen molar-refractivity contribution in [3.63, 3.8) is 0 Å². The van der Waals surface area contributed by atoms with Gasteiger partial charge in [-0.15, -0.1) is 0 Å². The molecule has 7 nitrogen and oxygen atoms in total. The molecule has 37 heavy (non-hydrogen) atoms. The lowest BCUT2D eigenvalue weighted by atomic mass is 9.72. The summed E-state index contributed by atoms with van der Waals surface area (Å²) in [6, 6.07) is 15.3. The summed E-state index contributed by atoms with van der Waals surface area (Å²) < 4.78 is 30.8. The second-order valence-corrected chi connectivity index (χ2v) is 16.9. The quantitative estimate of drug-likeness (QED) is 0.430. The van der Waals surface area contributed by atoms with E-state index in [0.717, 1.165) is 22.6 Å². The molecule has 2 fully saturated rings. The molecule has 0 saturated carbocycles. The van der Waals surface area contributed by atoms with Crippen LogP contribution in [0.25, 0.3) is 0 Å². The zero-order valence-electron chi connectivity index (χ0n) is 22.9. The number of anilines is 1. The van der Waals surface area contributed by atoms with Crippen molar-refractivity contribution in [2.24, 2.45) is 0 Å². The molecular formula is C29H39NO6Si. The molecule has 8 heteroatoms. The highest BCUT2D eigenvalue weighted by atomic mass is 28.4. The molecule has 0 radical (unpaired) electrons. The summed E-state index contributed by atoms with van der Waals surface area (Å²) in [5.41, 5.74) is 2.46. The van der Waals surface area contributed by atoms with Crippen molar-refractivity contribution in [1.29, 1.82) is 0 Å². The van der Waals surface area contributed by atoms with Crippen molar-refractivity contribution < 1.29 is 28.2 Å². The molecule has 2 aromatic rings. The minimum atomic E-state index is -1.99. The molecule has 0 aliphatic carbocycles. The van der Waals surface area contributed by atoms with Gasteiger partial charge < -0.3 is 23.4 Å². The van der Waals surface area contributed by atoms with Crippen molar-refractivity contribution in [3.05, 3.63) is 59.7 Å². The van der Waals surface area contributed by atoms with Gasteiger partial charge in [0, 0.05) is 11.8 Å². The van der Waals surface area contributed by atoms with Gasteiger partial charge in [-0.25, -0.2) is 4.79 Å². The minimum Gasteiger partial charge on any atom is -0.497 e. The standard InChI is InChI=1S/C29H39NO6Si/c1-28(2,3)37(6,7)34-18-23-25-26-29(4,16-24(35-23)36-25)21-15-20(32-5)13-14-22(21)30(26)27(31)33-17-19-11-9-8-10-12-19/h8-15,23-26H,16-18H2,1-7H3/t23-,24+,25+,26+,29+/m1/s1. The first-order chi connectivity index (χ1) is 17.4. The normalized spacial score (nSPS) is 28.6. The zero-order chi connectivity index (χ0) is 26.6. The van der Waals surface area contributed by atoms with Crippen LogP contribution in [0, 0.1) is 0 Å². The van der Waals surface area contributed by atoms with Crippen LogP contribution in [0.4, 0.5) is 10.5 Å². The van der Waals surface area contributed by atoms with Gasteiger partial charge in [-0.1, -0.05) is 58.0 Å². The summed E-state index contributed by atoms with van der Waals surface area (Å²) in [5.74, 6) is 0.760. The molecule has 3 aliphatic rings. The maximum Gasteiger partial charge on any atom is 0.415 e. The summed E-state index contributed by atoms with van der Waals surface area (Å²) in [6.07, 6.45) is -0.712. The van der Waals surface area contributed by atoms with Gasteiger partial charge in [-0.3, -0.25) is 4.90 Å². The van der Waals surface area contributed by atoms with E-state index < -0.39 is 8.32 Å². The number of amides is 1. The molecule has 3 aliphatic heterocycles. The number of benzene rings is 2. The van der Waals surface area contributed by atoms with Gasteiger partial charge in [0.25, 0.3) is 0 Å². The molecule has 5 rings (SSSR count). The lowest BCUT2D eigenvalue weighted by Gasteiger charge is -2.43. The van der Waals surface area contributed by atoms with Gasteiger partial charge in [0.1, 0.15) is 24.6 Å². The van der Waals surface area contributed by atoms with Gasteiger partial charge >= 0.3 is 6.09 Å². The summed E-state index contributed by atoms with van der Waals surface area (Å²) in [4.78, 5) is 15.5. The van der Waals surface area contributed by atoms with E-state index in [1.807, 2.05) is 48.5 Å². The third-order valence-corrected chi connectivity index (χ3v) is 13.2. The van der Waals surface area contributed by atoms with Crippen molar-refractivity contribution >= 4 is 20.1 Å². The maximum atomic E-state index is 13.7. The van der Waals surface area contributed by atoms with Crippen LogP contribution in [0.2, 0.25) is 18.1 Å². The first kappa shape index (κ1) is 26.2. The molecule has 3 heterocycles. The van der Waals surface area contributed by atoms with E-state index in [9.17, 15) is 4.79 Å². The van der Waals surface area contributed by atoms with Crippen LogP contribution in [0.5, 0.6) is 5.75 Å². The fraction of sp³-hybridized carbons (Fsp3) is 0.552. The molecule has 0 aromatic heterocycles. The lowest BCUT2D eigenvalue weighted by molar-refractivity contribution is -0.112. The molecule has 2 saturated heterocycles. The molecule has 5 atom stereocenters. The summed E-state index contributed by atoms with van der Waals surface area (Å²) in [7, 11) is -0.331. The average molecular weight is 526 g/mol. The van der Waals surface area contributed by atoms with E-state index in [2.05, 4.69) is 40.8 Å². The molecule has 2 aromatic carbocycles. The van der Waals surface area contributed by atoms with E-state index in [0.29, 0.717) is 13.0 Å². The summed E-state index contributed by atoms with van der Waals surface area (Å²) in [6.45, 7) is 14.0. The Hall–Kier alpha value is -2.39. The molecule has 200 valence electrons. The van der Waals surface area contributed by atoms with Crippen molar-refractivity contribution in [2.45, 2.75) is 88.8 Å². The number of carbonyl (C=O) groups is 1. The fourth-order valence-corrected chi connectivity index (χ4v) is 6.59. The Morgan fingerprint density at radius 1 is 1.14 bits per heavy atom. The van der Waals surface area contributed by atoms with Crippen LogP contribution in [-0.4, -0.2) is 52.7 Å². The second-order valence-electron chi connectivity index (χ2n) is 12.1. The Bertz CT molecular complexity index is 1150. The van der Waals surface area contributed by atoms with Crippen LogP contribution < -0.4 is 9.64 Å². The van der Waals surface area contributed by atoms with E-state index in [4.69, 9.17) is 23.4 Å². The number of hydrogen-bond acceptors (Lipinski definition) is 6. The summed E-state index contributed by atoms with van der Waals surface area (Å²) in [5, 5.41) is 0.0868. The van der Waals surface area contributed by atoms with Crippen LogP contribution in [0.1, 0.15) is 45.2 Å². The smallest absolute Gasteiger partial charge is 0.415 e. The van der Waals surface area contributed by atoms with E-state index >= 15 is 0 Å². The Balaban J connectivity index is 1.46. The Labute approximate surface area is 221 Å². The third kappa shape index (κ3) is 4.58. The number of nitrogens with zero attached hydrogens (tertiary/aromatic N) is 1. The van der Waals surface area contributed by atoms with Crippen molar-refractivity contribution in [2.75, 3.05) is 18.6 Å². The monoisotopic (exact) mass is 525 g/mol. The number of methoxy groups -OCH3 is 1. The van der Waals surface area contributed by atoms with Crippen LogP contribution in [0.3, 0.4) is 0 Å². The van der Waals surface area contributed by atoms with Gasteiger partial charge in [0.2, 0.25) is 0 Å². The molecule has 2 bridgehead atoms. The third-order valence-electron chi connectivity index (χ3n) is 8.73. The SMILES string of the molecule is COc1ccc2c(c1)[C@]1(C)C[C@@H]3O[C@H]([C@@H]1N2C(=O)OCc1ccccc1)[C@@H](CO[Si](C)(C)C(C)(C)C)O3. The highest BCUT2D eigenvalue weighted by molar-refractivity contribution is 6.74. The predicted octanol–water partition coefficient (Wildman–Crippen LogP) is 6.01. The van der Waals surface area contributed by atoms with Gasteiger partial charge in [0.05, 0.1) is 25.4 Å². The number of hydrogen-bond donors (Lipinski definition) is 0. The number of carbonyl (C=O) groups excluding carboxylic acids is 1. The average Bonchev–Trinajstić information content (AvgIpc) is 3.33. The molecule has 1 amide bonds. The first-order valence-corrected chi connectivity index (χ1v) is 16.0. The number of fused-ring (bicyclic) bond motifs is 6. The Morgan fingerprint density at radius 3 is 2.54 bits per heavy atom. The van der Waals surface area contributed by atoms with Crippen LogP contribution in [0.15, 0.2) is 48.5 Å².